The number of esters is 1. The van der Waals surface area contributed by atoms with Crippen LogP contribution in [0.3, 0.4) is 0 Å². The zero-order valence-corrected chi connectivity index (χ0v) is 13.6. The molecule has 0 heterocycles. The molecule has 5 heteroatoms. The summed E-state index contributed by atoms with van der Waals surface area (Å²) in [7, 11) is 0. The summed E-state index contributed by atoms with van der Waals surface area (Å²) in [5.41, 5.74) is 6.09. The quantitative estimate of drug-likeness (QED) is 0.748. The molecule has 122 valence electrons. The van der Waals surface area contributed by atoms with Gasteiger partial charge in [-0.15, -0.1) is 0 Å². The normalized spacial score (nSPS) is 16.7. The van der Waals surface area contributed by atoms with E-state index in [4.69, 9.17) is 19.9 Å². The third kappa shape index (κ3) is 3.19. The van der Waals surface area contributed by atoms with Gasteiger partial charge in [0.15, 0.2) is 11.5 Å². The standard InChI is InChI=1S/C17H25NO4/c1-4-20-14-10-9-13(11-15(14)21-5-2)17(18,12-7-8-12)16(19)22-6-3/h9-12H,4-8,18H2,1-3H3. The minimum absolute atomic E-state index is 0.124. The van der Waals surface area contributed by atoms with Crippen LogP contribution < -0.4 is 15.2 Å². The first-order valence-electron chi connectivity index (χ1n) is 7.94. The molecule has 1 aliphatic carbocycles. The Labute approximate surface area is 131 Å². The SMILES string of the molecule is CCOC(=O)C(N)(c1ccc(OCC)c(OCC)c1)C1CC1. The Morgan fingerprint density at radius 2 is 1.77 bits per heavy atom. The van der Waals surface area contributed by atoms with Crippen LogP contribution >= 0.6 is 0 Å². The summed E-state index contributed by atoms with van der Waals surface area (Å²) in [6.45, 7) is 7.00. The molecule has 0 aromatic heterocycles. The van der Waals surface area contributed by atoms with Gasteiger partial charge in [-0.2, -0.15) is 0 Å². The molecule has 0 saturated heterocycles. The maximum absolute atomic E-state index is 12.4. The minimum atomic E-state index is -1.10. The van der Waals surface area contributed by atoms with Crippen LogP contribution in [0.4, 0.5) is 0 Å². The first-order chi connectivity index (χ1) is 10.6. The molecule has 0 bridgehead atoms. The predicted molar refractivity (Wildman–Crippen MR) is 84.0 cm³/mol. The Kier molecular flexibility index (Phi) is 5.29. The van der Waals surface area contributed by atoms with Gasteiger partial charge in [0, 0.05) is 0 Å². The van der Waals surface area contributed by atoms with Gasteiger partial charge in [0.1, 0.15) is 5.54 Å². The number of hydrogen-bond donors (Lipinski definition) is 1. The van der Waals surface area contributed by atoms with Crippen molar-refractivity contribution < 1.29 is 19.0 Å². The summed E-state index contributed by atoms with van der Waals surface area (Å²) in [5, 5.41) is 0. The number of ether oxygens (including phenoxy) is 3. The van der Waals surface area contributed by atoms with Gasteiger partial charge >= 0.3 is 5.97 Å². The Balaban J connectivity index is 2.39. The van der Waals surface area contributed by atoms with Crippen LogP contribution in [-0.4, -0.2) is 25.8 Å². The second-order valence-corrected chi connectivity index (χ2v) is 5.39. The van der Waals surface area contributed by atoms with Crippen molar-refractivity contribution in [1.29, 1.82) is 0 Å². The Morgan fingerprint density at radius 3 is 2.32 bits per heavy atom. The lowest BCUT2D eigenvalue weighted by molar-refractivity contribution is -0.151. The molecule has 2 rings (SSSR count). The average Bonchev–Trinajstić information content (AvgIpc) is 3.34. The topological polar surface area (TPSA) is 70.8 Å². The molecule has 1 unspecified atom stereocenters. The molecule has 1 aromatic carbocycles. The van der Waals surface area contributed by atoms with Gasteiger partial charge < -0.3 is 19.9 Å². The van der Waals surface area contributed by atoms with Crippen LogP contribution in [0.15, 0.2) is 18.2 Å². The molecule has 0 spiro atoms. The van der Waals surface area contributed by atoms with E-state index in [-0.39, 0.29) is 11.9 Å². The lowest BCUT2D eigenvalue weighted by Crippen LogP contribution is -2.48. The molecule has 5 nitrogen and oxygen atoms in total. The molecule has 1 aromatic rings. The number of benzene rings is 1. The lowest BCUT2D eigenvalue weighted by Gasteiger charge is -2.28. The highest BCUT2D eigenvalue weighted by molar-refractivity contribution is 5.83. The number of rotatable bonds is 8. The molecule has 0 aliphatic heterocycles. The molecule has 1 aliphatic rings. The lowest BCUT2D eigenvalue weighted by atomic mass is 9.85. The highest BCUT2D eigenvalue weighted by atomic mass is 16.5. The van der Waals surface area contributed by atoms with Gasteiger partial charge in [-0.3, -0.25) is 0 Å². The van der Waals surface area contributed by atoms with Gasteiger partial charge in [-0.05, 0) is 57.2 Å². The Morgan fingerprint density at radius 1 is 1.14 bits per heavy atom. The number of nitrogens with two attached hydrogens (primary N) is 1. The number of carbonyl (C=O) groups is 1. The number of carbonyl (C=O) groups excluding carboxylic acids is 1. The molecule has 1 fully saturated rings. The van der Waals surface area contributed by atoms with Gasteiger partial charge in [0.2, 0.25) is 0 Å². The fourth-order valence-corrected chi connectivity index (χ4v) is 2.62. The van der Waals surface area contributed by atoms with Crippen molar-refractivity contribution in [3.05, 3.63) is 23.8 Å². The fraction of sp³-hybridized carbons (Fsp3) is 0.588. The van der Waals surface area contributed by atoms with E-state index >= 15 is 0 Å². The summed E-state index contributed by atoms with van der Waals surface area (Å²) >= 11 is 0. The zero-order chi connectivity index (χ0) is 16.2. The van der Waals surface area contributed by atoms with E-state index in [9.17, 15) is 4.79 Å². The van der Waals surface area contributed by atoms with Gasteiger partial charge in [-0.25, -0.2) is 4.79 Å². The van der Waals surface area contributed by atoms with Crippen molar-refractivity contribution in [1.82, 2.24) is 0 Å². The van der Waals surface area contributed by atoms with Crippen molar-refractivity contribution in [3.63, 3.8) is 0 Å². The maximum atomic E-state index is 12.4. The highest BCUT2D eigenvalue weighted by Crippen LogP contribution is 2.46. The van der Waals surface area contributed by atoms with Crippen molar-refractivity contribution in [2.45, 2.75) is 39.2 Å². The third-order valence-corrected chi connectivity index (χ3v) is 3.86. The van der Waals surface area contributed by atoms with E-state index in [1.54, 1.807) is 6.92 Å². The van der Waals surface area contributed by atoms with E-state index in [2.05, 4.69) is 0 Å². The summed E-state index contributed by atoms with van der Waals surface area (Å²) in [6.07, 6.45) is 1.87. The highest BCUT2D eigenvalue weighted by Gasteiger charge is 2.50. The van der Waals surface area contributed by atoms with E-state index in [1.165, 1.54) is 0 Å². The molecule has 1 saturated carbocycles. The summed E-state index contributed by atoms with van der Waals surface area (Å²) in [6, 6.07) is 5.46. The second kappa shape index (κ2) is 7.01. The Bertz CT molecular complexity index is 527. The van der Waals surface area contributed by atoms with Crippen molar-refractivity contribution in [2.75, 3.05) is 19.8 Å². The largest absolute Gasteiger partial charge is 0.490 e. The molecular weight excluding hydrogens is 282 g/mol. The smallest absolute Gasteiger partial charge is 0.331 e. The summed E-state index contributed by atoms with van der Waals surface area (Å²) < 4.78 is 16.4. The van der Waals surface area contributed by atoms with Crippen LogP contribution in [0.1, 0.15) is 39.2 Å². The predicted octanol–water partition coefficient (Wildman–Crippen LogP) is 2.61. The van der Waals surface area contributed by atoms with E-state index < -0.39 is 5.54 Å². The fourth-order valence-electron chi connectivity index (χ4n) is 2.62. The van der Waals surface area contributed by atoms with E-state index in [0.29, 0.717) is 31.3 Å². The molecule has 2 N–H and O–H groups in total. The van der Waals surface area contributed by atoms with Crippen LogP contribution in [0.5, 0.6) is 11.5 Å². The zero-order valence-electron chi connectivity index (χ0n) is 13.6. The van der Waals surface area contributed by atoms with Crippen molar-refractivity contribution in [2.24, 2.45) is 11.7 Å². The molecule has 22 heavy (non-hydrogen) atoms. The molecule has 0 radical (unpaired) electrons. The number of hydrogen-bond acceptors (Lipinski definition) is 5. The molecular formula is C17H25NO4. The van der Waals surface area contributed by atoms with Crippen LogP contribution in [0.2, 0.25) is 0 Å². The van der Waals surface area contributed by atoms with Gasteiger partial charge in [0.05, 0.1) is 19.8 Å². The van der Waals surface area contributed by atoms with Crippen molar-refractivity contribution in [3.8, 4) is 11.5 Å². The summed E-state index contributed by atoms with van der Waals surface area (Å²) in [4.78, 5) is 12.4. The summed E-state index contributed by atoms with van der Waals surface area (Å²) in [5.74, 6) is 1.03. The molecule has 0 amide bonds. The van der Waals surface area contributed by atoms with Gasteiger partial charge in [-0.1, -0.05) is 6.07 Å². The first kappa shape index (κ1) is 16.6. The van der Waals surface area contributed by atoms with E-state index in [0.717, 1.165) is 18.4 Å². The van der Waals surface area contributed by atoms with Crippen LogP contribution in [0.25, 0.3) is 0 Å². The van der Waals surface area contributed by atoms with Crippen LogP contribution in [-0.2, 0) is 15.1 Å². The average molecular weight is 307 g/mol. The monoisotopic (exact) mass is 307 g/mol. The maximum Gasteiger partial charge on any atom is 0.331 e. The minimum Gasteiger partial charge on any atom is -0.490 e. The second-order valence-electron chi connectivity index (χ2n) is 5.39. The first-order valence-corrected chi connectivity index (χ1v) is 7.94. The van der Waals surface area contributed by atoms with Gasteiger partial charge in [0.25, 0.3) is 0 Å². The third-order valence-electron chi connectivity index (χ3n) is 3.86. The molecule has 1 atom stereocenters. The van der Waals surface area contributed by atoms with E-state index in [1.807, 2.05) is 32.0 Å². The van der Waals surface area contributed by atoms with Crippen LogP contribution in [0, 0.1) is 5.92 Å². The Hall–Kier alpha value is -1.75. The van der Waals surface area contributed by atoms with Crippen molar-refractivity contribution >= 4 is 5.97 Å².